The predicted octanol–water partition coefficient (Wildman–Crippen LogP) is 4.77. The number of halogens is 2. The number of hydrogen-bond donors (Lipinski definition) is 1. The number of rotatable bonds is 3. The number of nitrogens with two attached hydrogens (primary N) is 1. The van der Waals surface area contributed by atoms with Gasteiger partial charge in [0.15, 0.2) is 0 Å². The van der Waals surface area contributed by atoms with Crippen LogP contribution in [0.3, 0.4) is 0 Å². The van der Waals surface area contributed by atoms with Gasteiger partial charge in [-0.3, -0.25) is 0 Å². The molecule has 0 unspecified atom stereocenters. The Morgan fingerprint density at radius 2 is 1.84 bits per heavy atom. The molecule has 0 aliphatic carbocycles. The molecule has 0 spiro atoms. The highest BCUT2D eigenvalue weighted by Crippen LogP contribution is 2.30. The molecule has 0 atom stereocenters. The monoisotopic (exact) mass is 295 g/mol. The maximum Gasteiger partial charge on any atom is 0.127 e. The van der Waals surface area contributed by atoms with Crippen LogP contribution in [0.2, 0.25) is 10.0 Å². The zero-order valence-corrected chi connectivity index (χ0v) is 12.3. The Balaban J connectivity index is 2.24. The van der Waals surface area contributed by atoms with Gasteiger partial charge in [0, 0.05) is 16.8 Å². The van der Waals surface area contributed by atoms with Crippen LogP contribution < -0.4 is 10.5 Å². The molecule has 2 rings (SSSR count). The fourth-order valence-corrected chi connectivity index (χ4v) is 2.25. The summed E-state index contributed by atoms with van der Waals surface area (Å²) in [7, 11) is 0. The molecule has 2 nitrogen and oxygen atoms in total. The fraction of sp³-hybridized carbons (Fsp3) is 0.200. The molecular weight excluding hydrogens is 281 g/mol. The molecule has 0 bridgehead atoms. The van der Waals surface area contributed by atoms with Gasteiger partial charge in [-0.2, -0.15) is 0 Å². The second-order valence-electron chi connectivity index (χ2n) is 4.43. The van der Waals surface area contributed by atoms with Crippen molar-refractivity contribution in [1.29, 1.82) is 0 Å². The van der Waals surface area contributed by atoms with E-state index in [4.69, 9.17) is 33.7 Å². The standard InChI is InChI=1S/C15H15Cl2NO/c1-9-6-7-13(18)10(2)15(9)19-8-11-4-3-5-12(16)14(11)17/h3-7H,8,18H2,1-2H3. The van der Waals surface area contributed by atoms with E-state index in [-0.39, 0.29) is 0 Å². The average Bonchev–Trinajstić information content (AvgIpc) is 2.39. The van der Waals surface area contributed by atoms with Gasteiger partial charge in [-0.25, -0.2) is 0 Å². The highest BCUT2D eigenvalue weighted by molar-refractivity contribution is 6.42. The minimum Gasteiger partial charge on any atom is -0.488 e. The van der Waals surface area contributed by atoms with Gasteiger partial charge in [-0.15, -0.1) is 0 Å². The Morgan fingerprint density at radius 3 is 2.58 bits per heavy atom. The van der Waals surface area contributed by atoms with Crippen LogP contribution in [-0.2, 0) is 6.61 Å². The van der Waals surface area contributed by atoms with Gasteiger partial charge >= 0.3 is 0 Å². The summed E-state index contributed by atoms with van der Waals surface area (Å²) in [4.78, 5) is 0. The van der Waals surface area contributed by atoms with Crippen molar-refractivity contribution < 1.29 is 4.74 Å². The second-order valence-corrected chi connectivity index (χ2v) is 5.21. The topological polar surface area (TPSA) is 35.2 Å². The highest BCUT2D eigenvalue weighted by Gasteiger charge is 2.09. The highest BCUT2D eigenvalue weighted by atomic mass is 35.5. The quantitative estimate of drug-likeness (QED) is 0.828. The molecule has 0 fully saturated rings. The molecule has 2 aromatic carbocycles. The third-order valence-electron chi connectivity index (χ3n) is 3.05. The summed E-state index contributed by atoms with van der Waals surface area (Å²) in [5.41, 5.74) is 9.45. The molecule has 0 aliphatic rings. The molecule has 0 aliphatic heterocycles. The molecule has 2 N–H and O–H groups in total. The SMILES string of the molecule is Cc1ccc(N)c(C)c1OCc1cccc(Cl)c1Cl. The van der Waals surface area contributed by atoms with Crippen LogP contribution in [0.5, 0.6) is 5.75 Å². The molecule has 0 aromatic heterocycles. The van der Waals surface area contributed by atoms with E-state index < -0.39 is 0 Å². The molecule has 0 saturated carbocycles. The van der Waals surface area contributed by atoms with Crippen molar-refractivity contribution >= 4 is 28.9 Å². The lowest BCUT2D eigenvalue weighted by Crippen LogP contribution is -2.01. The Kier molecular flexibility index (Phi) is 4.23. The summed E-state index contributed by atoms with van der Waals surface area (Å²) in [5.74, 6) is 0.802. The second kappa shape index (κ2) is 5.72. The van der Waals surface area contributed by atoms with Gasteiger partial charge in [0.1, 0.15) is 12.4 Å². The molecule has 0 amide bonds. The number of nitrogen functional groups attached to an aromatic ring is 1. The average molecular weight is 296 g/mol. The van der Waals surface area contributed by atoms with Crippen LogP contribution in [0, 0.1) is 13.8 Å². The van der Waals surface area contributed by atoms with Crippen LogP contribution in [0.4, 0.5) is 5.69 Å². The van der Waals surface area contributed by atoms with Crippen molar-refractivity contribution in [1.82, 2.24) is 0 Å². The normalized spacial score (nSPS) is 10.5. The van der Waals surface area contributed by atoms with Crippen molar-refractivity contribution in [3.63, 3.8) is 0 Å². The van der Waals surface area contributed by atoms with Crippen molar-refractivity contribution in [3.05, 3.63) is 57.1 Å². The summed E-state index contributed by atoms with van der Waals surface area (Å²) >= 11 is 12.1. The lowest BCUT2D eigenvalue weighted by molar-refractivity contribution is 0.302. The molecule has 0 heterocycles. The van der Waals surface area contributed by atoms with Gasteiger partial charge in [-0.05, 0) is 31.5 Å². The van der Waals surface area contributed by atoms with Gasteiger partial charge in [0.05, 0.1) is 10.0 Å². The van der Waals surface area contributed by atoms with E-state index in [2.05, 4.69) is 0 Å². The molecule has 2 aromatic rings. The first-order valence-corrected chi connectivity index (χ1v) is 6.67. The van der Waals surface area contributed by atoms with Gasteiger partial charge in [0.25, 0.3) is 0 Å². The van der Waals surface area contributed by atoms with Crippen molar-refractivity contribution in [2.45, 2.75) is 20.5 Å². The van der Waals surface area contributed by atoms with Crippen LogP contribution in [-0.4, -0.2) is 0 Å². The van der Waals surface area contributed by atoms with Crippen LogP contribution in [0.25, 0.3) is 0 Å². The Bertz CT molecular complexity index is 611. The third-order valence-corrected chi connectivity index (χ3v) is 3.91. The molecule has 100 valence electrons. The Hall–Kier alpha value is -1.38. The van der Waals surface area contributed by atoms with Gasteiger partial charge in [-0.1, -0.05) is 41.4 Å². The number of hydrogen-bond acceptors (Lipinski definition) is 2. The first-order valence-electron chi connectivity index (χ1n) is 5.92. The van der Waals surface area contributed by atoms with E-state index in [1.54, 1.807) is 6.07 Å². The van der Waals surface area contributed by atoms with E-state index in [0.29, 0.717) is 16.7 Å². The van der Waals surface area contributed by atoms with E-state index in [9.17, 15) is 0 Å². The van der Waals surface area contributed by atoms with Gasteiger partial charge in [0.2, 0.25) is 0 Å². The maximum absolute atomic E-state index is 6.13. The fourth-order valence-electron chi connectivity index (χ4n) is 1.87. The molecule has 4 heteroatoms. The number of benzene rings is 2. The zero-order valence-electron chi connectivity index (χ0n) is 10.8. The summed E-state index contributed by atoms with van der Waals surface area (Å²) in [6.07, 6.45) is 0. The predicted molar refractivity (Wildman–Crippen MR) is 81.1 cm³/mol. The number of anilines is 1. The Morgan fingerprint density at radius 1 is 1.11 bits per heavy atom. The minimum atomic E-state index is 0.366. The third kappa shape index (κ3) is 2.96. The number of aryl methyl sites for hydroxylation is 1. The molecular formula is C15H15Cl2NO. The zero-order chi connectivity index (χ0) is 14.0. The minimum absolute atomic E-state index is 0.366. The summed E-state index contributed by atoms with van der Waals surface area (Å²) < 4.78 is 5.85. The lowest BCUT2D eigenvalue weighted by Gasteiger charge is -2.14. The van der Waals surface area contributed by atoms with E-state index in [1.165, 1.54) is 0 Å². The van der Waals surface area contributed by atoms with E-state index in [0.717, 1.165) is 28.1 Å². The van der Waals surface area contributed by atoms with Crippen molar-refractivity contribution in [3.8, 4) is 5.75 Å². The Labute approximate surface area is 123 Å². The molecule has 0 radical (unpaired) electrons. The van der Waals surface area contributed by atoms with E-state index in [1.807, 2.05) is 38.1 Å². The summed E-state index contributed by atoms with van der Waals surface area (Å²) in [6.45, 7) is 4.29. The van der Waals surface area contributed by atoms with E-state index >= 15 is 0 Å². The first-order chi connectivity index (χ1) is 9.00. The summed E-state index contributed by atoms with van der Waals surface area (Å²) in [5, 5.41) is 1.06. The van der Waals surface area contributed by atoms with Crippen molar-refractivity contribution in [2.24, 2.45) is 0 Å². The summed E-state index contributed by atoms with van der Waals surface area (Å²) in [6, 6.07) is 9.32. The van der Waals surface area contributed by atoms with Crippen LogP contribution >= 0.6 is 23.2 Å². The maximum atomic E-state index is 6.13. The van der Waals surface area contributed by atoms with Gasteiger partial charge < -0.3 is 10.5 Å². The first kappa shape index (κ1) is 14.0. The van der Waals surface area contributed by atoms with Crippen molar-refractivity contribution in [2.75, 3.05) is 5.73 Å². The number of ether oxygens (including phenoxy) is 1. The largest absolute Gasteiger partial charge is 0.488 e. The molecule has 0 saturated heterocycles. The lowest BCUT2D eigenvalue weighted by atomic mass is 10.1. The van der Waals surface area contributed by atoms with Crippen LogP contribution in [0.15, 0.2) is 30.3 Å². The smallest absolute Gasteiger partial charge is 0.127 e. The van der Waals surface area contributed by atoms with Crippen LogP contribution in [0.1, 0.15) is 16.7 Å². The molecule has 19 heavy (non-hydrogen) atoms.